The molecule has 3 heterocycles. The molecule has 0 bridgehead atoms. The monoisotopic (exact) mass is 753 g/mol. The molecule has 6 rings (SSSR count). The van der Waals surface area contributed by atoms with E-state index in [1.54, 1.807) is 0 Å². The molecule has 2 amide bonds. The zero-order chi connectivity index (χ0) is 37.8. The number of nitrogens with two attached hydrogens (primary N) is 1. The highest BCUT2D eigenvalue weighted by Crippen LogP contribution is 2.49. The molecule has 0 spiro atoms. The molecule has 4 aromatic rings. The summed E-state index contributed by atoms with van der Waals surface area (Å²) >= 11 is 6.38. The molecule has 1 unspecified atom stereocenters. The summed E-state index contributed by atoms with van der Waals surface area (Å²) in [6.07, 6.45) is -7.94. The summed E-state index contributed by atoms with van der Waals surface area (Å²) in [5.74, 6) is -2.78. The van der Waals surface area contributed by atoms with Crippen LogP contribution in [0.4, 0.5) is 31.1 Å². The van der Waals surface area contributed by atoms with E-state index in [1.165, 1.54) is 36.7 Å². The Hall–Kier alpha value is -5.27. The van der Waals surface area contributed by atoms with Crippen molar-refractivity contribution in [2.45, 2.75) is 69.8 Å². The third-order valence-corrected chi connectivity index (χ3v) is 8.92. The highest BCUT2D eigenvalue weighted by molar-refractivity contribution is 6.32. The van der Waals surface area contributed by atoms with Crippen LogP contribution < -0.4 is 11.1 Å². The highest BCUT2D eigenvalue weighted by atomic mass is 35.5. The lowest BCUT2D eigenvalue weighted by Crippen LogP contribution is -2.50. The first-order valence-electron chi connectivity index (χ1n) is 15.6. The Morgan fingerprint density at radius 1 is 1.12 bits per heavy atom. The van der Waals surface area contributed by atoms with Crippen molar-refractivity contribution in [3.05, 3.63) is 76.8 Å². The van der Waals surface area contributed by atoms with E-state index < -0.39 is 71.3 Å². The van der Waals surface area contributed by atoms with Crippen molar-refractivity contribution in [1.29, 1.82) is 0 Å². The lowest BCUT2D eigenvalue weighted by Gasteiger charge is -2.35. The largest absolute Gasteiger partial charge is 0.447 e. The van der Waals surface area contributed by atoms with E-state index >= 15 is 4.39 Å². The highest BCUT2D eigenvalue weighted by Gasteiger charge is 2.64. The SMILES string of the molecule is CC(C)(C)C[C@]1(c2ccc(-n3cnnn3)c(F)c2)N=C(N)N(C(COC(=O)NC2(C(F)(F)F)CC2)c2ccc(Cl)c(-n3ncnc3C(F)F)c2)C1=O. The van der Waals surface area contributed by atoms with Gasteiger partial charge in [-0.3, -0.25) is 9.69 Å². The summed E-state index contributed by atoms with van der Waals surface area (Å²) in [4.78, 5) is 36.7. The van der Waals surface area contributed by atoms with Crippen molar-refractivity contribution in [2.24, 2.45) is 16.1 Å². The fourth-order valence-corrected chi connectivity index (χ4v) is 6.29. The maximum atomic E-state index is 15.6. The van der Waals surface area contributed by atoms with Gasteiger partial charge < -0.3 is 15.8 Å². The fourth-order valence-electron chi connectivity index (χ4n) is 6.09. The van der Waals surface area contributed by atoms with Gasteiger partial charge in [0.1, 0.15) is 36.3 Å². The van der Waals surface area contributed by atoms with Crippen LogP contribution in [-0.2, 0) is 15.1 Å². The molecule has 2 atom stereocenters. The van der Waals surface area contributed by atoms with Gasteiger partial charge >= 0.3 is 12.3 Å². The Bertz CT molecular complexity index is 2030. The molecule has 52 heavy (non-hydrogen) atoms. The quantitative estimate of drug-likeness (QED) is 0.203. The average molecular weight is 754 g/mol. The van der Waals surface area contributed by atoms with Crippen molar-refractivity contribution in [2.75, 3.05) is 6.61 Å². The summed E-state index contributed by atoms with van der Waals surface area (Å²) < 4.78 is 91.2. The number of tetrazole rings is 1. The number of nitrogens with zero attached hydrogens (tertiary/aromatic N) is 9. The minimum atomic E-state index is -4.75. The number of ether oxygens (including phenoxy) is 1. The average Bonchev–Trinajstić information content (AvgIpc) is 3.37. The molecular formula is C31H30ClF6N11O3. The predicted octanol–water partition coefficient (Wildman–Crippen LogP) is 5.32. The Labute approximate surface area is 296 Å². The van der Waals surface area contributed by atoms with Crippen LogP contribution in [-0.4, -0.2) is 76.2 Å². The zero-order valence-corrected chi connectivity index (χ0v) is 28.3. The number of alkyl carbamates (subject to hydrolysis) is 1. The molecule has 2 aromatic carbocycles. The molecule has 3 N–H and O–H groups in total. The van der Waals surface area contributed by atoms with E-state index in [-0.39, 0.29) is 46.8 Å². The number of halogens is 7. The number of carbonyl (C=O) groups excluding carboxylic acids is 2. The number of guanidine groups is 1. The van der Waals surface area contributed by atoms with Gasteiger partial charge in [0.15, 0.2) is 17.3 Å². The first kappa shape index (κ1) is 36.5. The predicted molar refractivity (Wildman–Crippen MR) is 170 cm³/mol. The number of aromatic nitrogens is 7. The maximum absolute atomic E-state index is 15.6. The first-order valence-corrected chi connectivity index (χ1v) is 16.0. The zero-order valence-electron chi connectivity index (χ0n) is 27.6. The van der Waals surface area contributed by atoms with E-state index in [1.807, 2.05) is 26.1 Å². The third kappa shape index (κ3) is 6.73. The Morgan fingerprint density at radius 2 is 1.85 bits per heavy atom. The molecule has 1 aliphatic heterocycles. The third-order valence-electron chi connectivity index (χ3n) is 8.60. The van der Waals surface area contributed by atoms with Crippen LogP contribution in [0.15, 0.2) is 54.0 Å². The molecule has 0 radical (unpaired) electrons. The summed E-state index contributed by atoms with van der Waals surface area (Å²) in [6.45, 7) is 4.64. The second-order valence-electron chi connectivity index (χ2n) is 13.5. The number of rotatable bonds is 10. The van der Waals surface area contributed by atoms with Gasteiger partial charge in [0.2, 0.25) is 0 Å². The Morgan fingerprint density at radius 3 is 2.44 bits per heavy atom. The van der Waals surface area contributed by atoms with Crippen molar-refractivity contribution in [3.63, 3.8) is 0 Å². The topological polar surface area (TPSA) is 171 Å². The molecular weight excluding hydrogens is 724 g/mol. The number of aliphatic imine (C=N–C) groups is 1. The second-order valence-corrected chi connectivity index (χ2v) is 13.9. The van der Waals surface area contributed by atoms with Gasteiger partial charge in [0.25, 0.3) is 12.3 Å². The number of nitrogens with one attached hydrogen (secondary N) is 1. The molecule has 21 heteroatoms. The van der Waals surface area contributed by atoms with E-state index in [9.17, 15) is 31.5 Å². The van der Waals surface area contributed by atoms with Crippen LogP contribution in [0.2, 0.25) is 5.02 Å². The second kappa shape index (κ2) is 13.1. The van der Waals surface area contributed by atoms with Crippen LogP contribution in [0.3, 0.4) is 0 Å². The molecule has 14 nitrogen and oxygen atoms in total. The van der Waals surface area contributed by atoms with Crippen molar-refractivity contribution in [1.82, 2.24) is 45.2 Å². The number of hydrogen-bond donors (Lipinski definition) is 2. The molecule has 1 aliphatic carbocycles. The number of amides is 2. The van der Waals surface area contributed by atoms with E-state index in [0.717, 1.165) is 26.7 Å². The molecule has 1 fully saturated rings. The van der Waals surface area contributed by atoms with Gasteiger partial charge in [-0.25, -0.2) is 32.6 Å². The lowest BCUT2D eigenvalue weighted by molar-refractivity contribution is -0.164. The van der Waals surface area contributed by atoms with E-state index in [0.29, 0.717) is 0 Å². The number of benzene rings is 2. The summed E-state index contributed by atoms with van der Waals surface area (Å²) in [7, 11) is 0. The molecule has 2 aromatic heterocycles. The van der Waals surface area contributed by atoms with Gasteiger partial charge in [-0.05, 0) is 70.5 Å². The minimum Gasteiger partial charge on any atom is -0.447 e. The number of hydrogen-bond acceptors (Lipinski definition) is 10. The van der Waals surface area contributed by atoms with Gasteiger partial charge in [-0.1, -0.05) is 44.5 Å². The smallest absolute Gasteiger partial charge is 0.411 e. The van der Waals surface area contributed by atoms with Gasteiger partial charge in [-0.15, -0.1) is 5.10 Å². The lowest BCUT2D eigenvalue weighted by atomic mass is 9.75. The van der Waals surface area contributed by atoms with Crippen LogP contribution in [0.25, 0.3) is 11.4 Å². The van der Waals surface area contributed by atoms with E-state index in [4.69, 9.17) is 22.1 Å². The fraction of sp³-hybridized carbons (Fsp3) is 0.419. The van der Waals surface area contributed by atoms with E-state index in [2.05, 4.69) is 30.6 Å². The van der Waals surface area contributed by atoms with Crippen molar-refractivity contribution < 1.29 is 40.7 Å². The van der Waals surface area contributed by atoms with Crippen molar-refractivity contribution in [3.8, 4) is 11.4 Å². The number of carbonyl (C=O) groups is 2. The minimum absolute atomic E-state index is 0.0234. The van der Waals surface area contributed by atoms with Gasteiger partial charge in [0.05, 0.1) is 16.8 Å². The first-order chi connectivity index (χ1) is 24.4. The summed E-state index contributed by atoms with van der Waals surface area (Å²) in [5, 5.41) is 16.3. The van der Waals surface area contributed by atoms with Gasteiger partial charge in [-0.2, -0.15) is 23.0 Å². The van der Waals surface area contributed by atoms with Crippen LogP contribution in [0, 0.1) is 11.2 Å². The maximum Gasteiger partial charge on any atom is 0.411 e. The molecule has 1 saturated carbocycles. The van der Waals surface area contributed by atoms with Crippen molar-refractivity contribution >= 4 is 29.6 Å². The Balaban J connectivity index is 1.43. The summed E-state index contributed by atoms with van der Waals surface area (Å²) in [6, 6.07) is 6.39. The van der Waals surface area contributed by atoms with Gasteiger partial charge in [0, 0.05) is 0 Å². The number of alkyl halides is 5. The summed E-state index contributed by atoms with van der Waals surface area (Å²) in [5.41, 5.74) is 1.52. The standard InChI is InChI=1S/C31H30ClF6N11O3/c1-28(2,3)13-30(17-5-7-20(19(33)11-17)47-15-41-45-46-47)25(50)48(26(39)43-30)22(12-52-27(51)44-29(8-9-29)31(36,37)38)16-4-6-18(32)21(10-16)49-24(23(34)35)40-14-42-49/h4-7,10-11,14-15,22-23H,8-9,12-13H2,1-3H3,(H2,39,43)(H,44,51)/t22?,30-/m1/s1. The molecule has 2 aliphatic rings. The van der Waals surface area contributed by atoms with Crippen LogP contribution >= 0.6 is 11.6 Å². The molecule has 0 saturated heterocycles. The normalized spacial score (nSPS) is 19.2. The van der Waals surface area contributed by atoms with Crippen LogP contribution in [0.5, 0.6) is 0 Å². The molecule has 276 valence electrons. The Kier molecular flexibility index (Phi) is 9.17. The van der Waals surface area contributed by atoms with Crippen LogP contribution in [0.1, 0.15) is 69.5 Å².